The molecule has 1 unspecified atom stereocenters. The van der Waals surface area contributed by atoms with Crippen molar-refractivity contribution >= 4 is 6.09 Å². The maximum absolute atomic E-state index is 14.3. The van der Waals surface area contributed by atoms with Gasteiger partial charge in [-0.25, -0.2) is 13.6 Å². The van der Waals surface area contributed by atoms with E-state index in [0.717, 1.165) is 22.9 Å². The third-order valence-electron chi connectivity index (χ3n) is 6.67. The zero-order valence-electron chi connectivity index (χ0n) is 18.5. The molecule has 9 heteroatoms. The van der Waals surface area contributed by atoms with E-state index in [1.807, 2.05) is 6.07 Å². The number of nitrogens with zero attached hydrogens (tertiary/aromatic N) is 4. The van der Waals surface area contributed by atoms with Crippen molar-refractivity contribution in [3.05, 3.63) is 76.0 Å². The molecule has 2 atom stereocenters. The lowest BCUT2D eigenvalue weighted by Gasteiger charge is -2.27. The van der Waals surface area contributed by atoms with Gasteiger partial charge in [-0.15, -0.1) is 0 Å². The molecule has 0 bridgehead atoms. The Morgan fingerprint density at radius 1 is 1.29 bits per heavy atom. The molecule has 2 heterocycles. The van der Waals surface area contributed by atoms with E-state index in [2.05, 4.69) is 6.07 Å². The Balaban J connectivity index is 1.58. The molecule has 1 aliphatic heterocycles. The standard InChI is InChI=1S/C25H22F2N4O3/c1-34-25(33)30-6-5-22-20(12-30)24(15-4-2-3-14(7-15)11-28)29-31(22)13-19-17-8-16(26)9-21(27)18(17)10-23(19)32/h2-4,7-9,19,23,32H,5-6,10,12-13H2,1H3/t19?,23-/m1/s1. The highest BCUT2D eigenvalue weighted by molar-refractivity contribution is 5.71. The fraction of sp³-hybridized carbons (Fsp3) is 0.320. The number of halogens is 2. The van der Waals surface area contributed by atoms with Crippen LogP contribution in [0, 0.1) is 23.0 Å². The highest BCUT2D eigenvalue weighted by Gasteiger charge is 2.36. The summed E-state index contributed by atoms with van der Waals surface area (Å²) in [5.74, 6) is -1.86. The Kier molecular flexibility index (Phi) is 5.54. The zero-order valence-corrected chi connectivity index (χ0v) is 18.5. The molecule has 0 radical (unpaired) electrons. The number of nitriles is 1. The van der Waals surface area contributed by atoms with Crippen LogP contribution >= 0.6 is 0 Å². The Bertz CT molecular complexity index is 1330. The first-order valence-corrected chi connectivity index (χ1v) is 11.0. The average molecular weight is 464 g/mol. The van der Waals surface area contributed by atoms with E-state index < -0.39 is 29.7 Å². The Morgan fingerprint density at radius 3 is 2.88 bits per heavy atom. The third kappa shape index (κ3) is 3.70. The summed E-state index contributed by atoms with van der Waals surface area (Å²) in [6.07, 6.45) is -0.696. The van der Waals surface area contributed by atoms with Crippen LogP contribution in [0.1, 0.15) is 33.9 Å². The van der Waals surface area contributed by atoms with E-state index in [1.165, 1.54) is 13.2 Å². The van der Waals surface area contributed by atoms with E-state index in [4.69, 9.17) is 9.84 Å². The molecule has 0 saturated heterocycles. The minimum atomic E-state index is -0.869. The van der Waals surface area contributed by atoms with Gasteiger partial charge >= 0.3 is 6.09 Å². The number of rotatable bonds is 3. The van der Waals surface area contributed by atoms with Gasteiger partial charge in [-0.1, -0.05) is 12.1 Å². The van der Waals surface area contributed by atoms with Gasteiger partial charge in [0.15, 0.2) is 0 Å². The summed E-state index contributed by atoms with van der Waals surface area (Å²) in [4.78, 5) is 13.8. The zero-order chi connectivity index (χ0) is 24.0. The van der Waals surface area contributed by atoms with Gasteiger partial charge in [-0.2, -0.15) is 10.4 Å². The molecule has 3 aromatic rings. The highest BCUT2D eigenvalue weighted by atomic mass is 19.1. The number of carbonyl (C=O) groups excluding carboxylic acids is 1. The monoisotopic (exact) mass is 464 g/mol. The van der Waals surface area contributed by atoms with Gasteiger partial charge in [0.05, 0.1) is 43.6 Å². The second kappa shape index (κ2) is 8.54. The number of benzene rings is 2. The molecule has 174 valence electrons. The quantitative estimate of drug-likeness (QED) is 0.641. The van der Waals surface area contributed by atoms with Gasteiger partial charge in [-0.3, -0.25) is 4.68 Å². The van der Waals surface area contributed by atoms with Crippen molar-refractivity contribution in [1.82, 2.24) is 14.7 Å². The lowest BCUT2D eigenvalue weighted by Crippen LogP contribution is -2.36. The van der Waals surface area contributed by atoms with Crippen LogP contribution in [0.5, 0.6) is 0 Å². The lowest BCUT2D eigenvalue weighted by atomic mass is 9.98. The molecule has 1 aromatic heterocycles. The molecule has 7 nitrogen and oxygen atoms in total. The van der Waals surface area contributed by atoms with Crippen LogP contribution in [0.3, 0.4) is 0 Å². The topological polar surface area (TPSA) is 91.4 Å². The number of hydrogen-bond donors (Lipinski definition) is 1. The first-order valence-electron chi connectivity index (χ1n) is 11.0. The van der Waals surface area contributed by atoms with Crippen LogP contribution in [0.4, 0.5) is 13.6 Å². The van der Waals surface area contributed by atoms with Crippen LogP contribution in [-0.2, 0) is 30.7 Å². The molecule has 34 heavy (non-hydrogen) atoms. The van der Waals surface area contributed by atoms with Crippen molar-refractivity contribution in [2.24, 2.45) is 0 Å². The second-order valence-corrected chi connectivity index (χ2v) is 8.62. The number of aliphatic hydroxyl groups is 1. The Labute approximate surface area is 194 Å². The Hall–Kier alpha value is -3.77. The molecule has 1 N–H and O–H groups in total. The molecule has 1 amide bonds. The summed E-state index contributed by atoms with van der Waals surface area (Å²) in [6.45, 7) is 0.937. The molecule has 5 rings (SSSR count). The average Bonchev–Trinajstić information content (AvgIpc) is 3.36. The van der Waals surface area contributed by atoms with Crippen LogP contribution in [0.15, 0.2) is 36.4 Å². The summed E-state index contributed by atoms with van der Waals surface area (Å²) in [5.41, 5.74) is 4.32. The number of carbonyl (C=O) groups is 1. The van der Waals surface area contributed by atoms with E-state index in [1.54, 1.807) is 27.8 Å². The number of methoxy groups -OCH3 is 1. The lowest BCUT2D eigenvalue weighted by molar-refractivity contribution is 0.118. The predicted molar refractivity (Wildman–Crippen MR) is 118 cm³/mol. The highest BCUT2D eigenvalue weighted by Crippen LogP contribution is 2.38. The summed E-state index contributed by atoms with van der Waals surface area (Å²) in [7, 11) is 1.33. The van der Waals surface area contributed by atoms with Gasteiger partial charge < -0.3 is 14.7 Å². The summed E-state index contributed by atoms with van der Waals surface area (Å²) >= 11 is 0. The number of amides is 1. The van der Waals surface area contributed by atoms with Gasteiger partial charge in [0.25, 0.3) is 0 Å². The molecule has 1 aliphatic carbocycles. The molecule has 0 saturated carbocycles. The molecule has 2 aromatic carbocycles. The maximum Gasteiger partial charge on any atom is 0.409 e. The van der Waals surface area contributed by atoms with Crippen LogP contribution in [-0.4, -0.2) is 45.6 Å². The first-order chi connectivity index (χ1) is 16.4. The van der Waals surface area contributed by atoms with Gasteiger partial charge in [0, 0.05) is 48.2 Å². The first kappa shape index (κ1) is 22.0. The van der Waals surface area contributed by atoms with Crippen LogP contribution in [0.25, 0.3) is 11.3 Å². The van der Waals surface area contributed by atoms with E-state index in [9.17, 15) is 23.9 Å². The number of ether oxygens (including phenoxy) is 1. The van der Waals surface area contributed by atoms with Crippen molar-refractivity contribution in [1.29, 1.82) is 5.26 Å². The van der Waals surface area contributed by atoms with Crippen LogP contribution in [0.2, 0.25) is 0 Å². The number of fused-ring (bicyclic) bond motifs is 2. The van der Waals surface area contributed by atoms with Gasteiger partial charge in [-0.05, 0) is 29.3 Å². The van der Waals surface area contributed by atoms with E-state index in [-0.39, 0.29) is 19.5 Å². The smallest absolute Gasteiger partial charge is 0.409 e. The van der Waals surface area contributed by atoms with Crippen molar-refractivity contribution < 1.29 is 23.4 Å². The van der Waals surface area contributed by atoms with E-state index >= 15 is 0 Å². The molecule has 0 spiro atoms. The molecule has 0 fully saturated rings. The van der Waals surface area contributed by atoms with E-state index in [0.29, 0.717) is 35.3 Å². The van der Waals surface area contributed by atoms with Gasteiger partial charge in [0.2, 0.25) is 0 Å². The fourth-order valence-electron chi connectivity index (χ4n) is 5.03. The van der Waals surface area contributed by atoms with Crippen LogP contribution < -0.4 is 0 Å². The SMILES string of the molecule is COC(=O)N1CCc2c(c(-c3cccc(C#N)c3)nn2CC2c3cc(F)cc(F)c3C[C@H]2O)C1. The number of aromatic nitrogens is 2. The second-order valence-electron chi connectivity index (χ2n) is 8.62. The molecular formula is C25H22F2N4O3. The summed E-state index contributed by atoms with van der Waals surface area (Å²) < 4.78 is 34.9. The number of aliphatic hydroxyl groups excluding tert-OH is 1. The van der Waals surface area contributed by atoms with Crippen molar-refractivity contribution in [3.63, 3.8) is 0 Å². The summed E-state index contributed by atoms with van der Waals surface area (Å²) in [6, 6.07) is 11.3. The summed E-state index contributed by atoms with van der Waals surface area (Å²) in [5, 5.41) is 24.8. The van der Waals surface area contributed by atoms with Crippen molar-refractivity contribution in [2.45, 2.75) is 38.0 Å². The molecule has 2 aliphatic rings. The minimum Gasteiger partial charge on any atom is -0.453 e. The largest absolute Gasteiger partial charge is 0.453 e. The van der Waals surface area contributed by atoms with Crippen molar-refractivity contribution in [2.75, 3.05) is 13.7 Å². The predicted octanol–water partition coefficient (Wildman–Crippen LogP) is 3.53. The van der Waals surface area contributed by atoms with Crippen molar-refractivity contribution in [3.8, 4) is 17.3 Å². The number of hydrogen-bond acceptors (Lipinski definition) is 5. The fourth-order valence-corrected chi connectivity index (χ4v) is 5.03. The normalized spacial score (nSPS) is 18.9. The third-order valence-corrected chi connectivity index (χ3v) is 6.67. The Morgan fingerprint density at radius 2 is 2.12 bits per heavy atom. The molecular weight excluding hydrogens is 442 g/mol. The maximum atomic E-state index is 14.3. The minimum absolute atomic E-state index is 0.114. The van der Waals surface area contributed by atoms with Gasteiger partial charge in [0.1, 0.15) is 11.6 Å².